The highest BCUT2D eigenvalue weighted by Crippen LogP contribution is 2.37. The number of carbonyl (C=O) groups is 2. The molecule has 1 fully saturated rings. The lowest BCUT2D eigenvalue weighted by molar-refractivity contribution is -0.127. The number of carbonyl (C=O) groups excluding carboxylic acids is 2. The molecule has 3 heterocycles. The van der Waals surface area contributed by atoms with Crippen molar-refractivity contribution in [1.82, 2.24) is 9.88 Å². The minimum absolute atomic E-state index is 0.125. The van der Waals surface area contributed by atoms with E-state index in [4.69, 9.17) is 9.15 Å². The molecule has 0 unspecified atom stereocenters. The van der Waals surface area contributed by atoms with Crippen LogP contribution in [0.4, 0.5) is 5.69 Å². The Morgan fingerprint density at radius 3 is 2.61 bits per heavy atom. The largest absolute Gasteiger partial charge is 0.494 e. The molecule has 1 aliphatic heterocycles. The van der Waals surface area contributed by atoms with Gasteiger partial charge in [-0.05, 0) is 69.7 Å². The summed E-state index contributed by atoms with van der Waals surface area (Å²) in [5.74, 6) is 1.09. The van der Waals surface area contributed by atoms with E-state index in [1.54, 1.807) is 17.2 Å². The summed E-state index contributed by atoms with van der Waals surface area (Å²) in [4.78, 5) is 29.2. The standard InChI is InChI=1S/C26H31N3O4/c1-4-32-20-11-9-19(10-12-20)29-24(30)22-15-23-21(13-14-33-23)28(22)16-26(29,3)25(31)27-18-7-5-17(2)6-8-18/h9-15,17-18H,4-8,16H2,1-3H3,(H,27,31)/t17?,18?,26-/m0/s1. The molecule has 0 saturated heterocycles. The van der Waals surface area contributed by atoms with Crippen LogP contribution in [-0.4, -0.2) is 34.6 Å². The number of furan rings is 1. The topological polar surface area (TPSA) is 76.7 Å². The number of fused-ring (bicyclic) bond motifs is 3. The number of rotatable bonds is 5. The van der Waals surface area contributed by atoms with E-state index in [0.717, 1.165) is 36.9 Å². The second-order valence-corrected chi connectivity index (χ2v) is 9.56. The van der Waals surface area contributed by atoms with Crippen molar-refractivity contribution in [3.63, 3.8) is 0 Å². The summed E-state index contributed by atoms with van der Waals surface area (Å²) < 4.78 is 13.0. The molecule has 1 N–H and O–H groups in total. The van der Waals surface area contributed by atoms with Gasteiger partial charge in [0.2, 0.25) is 5.91 Å². The van der Waals surface area contributed by atoms with Gasteiger partial charge in [-0.25, -0.2) is 0 Å². The first-order chi connectivity index (χ1) is 15.9. The molecule has 2 aromatic heterocycles. The molecule has 7 nitrogen and oxygen atoms in total. The van der Waals surface area contributed by atoms with E-state index in [1.165, 1.54) is 0 Å². The number of hydrogen-bond donors (Lipinski definition) is 1. The van der Waals surface area contributed by atoms with Crippen molar-refractivity contribution in [2.24, 2.45) is 5.92 Å². The van der Waals surface area contributed by atoms with Crippen molar-refractivity contribution < 1.29 is 18.7 Å². The fourth-order valence-corrected chi connectivity index (χ4v) is 5.22. The van der Waals surface area contributed by atoms with E-state index in [2.05, 4.69) is 12.2 Å². The van der Waals surface area contributed by atoms with E-state index in [9.17, 15) is 9.59 Å². The van der Waals surface area contributed by atoms with Crippen LogP contribution in [0.25, 0.3) is 11.1 Å². The number of benzene rings is 1. The molecule has 3 aromatic rings. The Morgan fingerprint density at radius 2 is 1.91 bits per heavy atom. The highest BCUT2D eigenvalue weighted by atomic mass is 16.5. The van der Waals surface area contributed by atoms with E-state index < -0.39 is 5.54 Å². The van der Waals surface area contributed by atoms with Crippen molar-refractivity contribution in [2.75, 3.05) is 11.5 Å². The first-order valence-corrected chi connectivity index (χ1v) is 11.9. The number of anilines is 1. The molecule has 174 valence electrons. The monoisotopic (exact) mass is 449 g/mol. The smallest absolute Gasteiger partial charge is 0.276 e. The van der Waals surface area contributed by atoms with Crippen LogP contribution < -0.4 is 15.0 Å². The van der Waals surface area contributed by atoms with Crippen LogP contribution >= 0.6 is 0 Å². The van der Waals surface area contributed by atoms with Crippen molar-refractivity contribution in [3.05, 3.63) is 48.4 Å². The summed E-state index contributed by atoms with van der Waals surface area (Å²) >= 11 is 0. The molecule has 1 aliphatic carbocycles. The lowest BCUT2D eigenvalue weighted by Gasteiger charge is -2.44. The molecule has 5 rings (SSSR count). The van der Waals surface area contributed by atoms with Gasteiger partial charge in [-0.1, -0.05) is 6.92 Å². The van der Waals surface area contributed by atoms with Crippen LogP contribution in [0.3, 0.4) is 0 Å². The van der Waals surface area contributed by atoms with E-state index in [0.29, 0.717) is 36.0 Å². The molecule has 1 aromatic carbocycles. The molecule has 7 heteroatoms. The molecule has 2 amide bonds. The first kappa shape index (κ1) is 21.6. The molecule has 0 bridgehead atoms. The minimum atomic E-state index is -1.09. The third-order valence-electron chi connectivity index (χ3n) is 7.15. The van der Waals surface area contributed by atoms with Gasteiger partial charge in [0.15, 0.2) is 5.58 Å². The van der Waals surface area contributed by atoms with Gasteiger partial charge in [0, 0.05) is 23.9 Å². The third kappa shape index (κ3) is 3.69. The van der Waals surface area contributed by atoms with Gasteiger partial charge >= 0.3 is 0 Å². The van der Waals surface area contributed by atoms with E-state index in [1.807, 2.05) is 48.7 Å². The SMILES string of the molecule is CCOc1ccc(N2C(=O)c3cc4occc4n3C[C@@]2(C)C(=O)NC2CCC(C)CC2)cc1. The average molecular weight is 450 g/mol. The Kier molecular flexibility index (Phi) is 5.43. The Bertz CT molecular complexity index is 1170. The van der Waals surface area contributed by atoms with Gasteiger partial charge in [-0.3, -0.25) is 14.5 Å². The molecule has 0 radical (unpaired) electrons. The lowest BCUT2D eigenvalue weighted by Crippen LogP contribution is -2.65. The van der Waals surface area contributed by atoms with Crippen molar-refractivity contribution in [1.29, 1.82) is 0 Å². The van der Waals surface area contributed by atoms with Crippen molar-refractivity contribution in [3.8, 4) is 5.75 Å². The van der Waals surface area contributed by atoms with Gasteiger partial charge in [0.25, 0.3) is 5.91 Å². The Morgan fingerprint density at radius 1 is 1.18 bits per heavy atom. The summed E-state index contributed by atoms with van der Waals surface area (Å²) in [6, 6.07) is 11.1. The fraction of sp³-hybridized carbons (Fsp3) is 0.462. The number of amides is 2. The van der Waals surface area contributed by atoms with Crippen LogP contribution in [0, 0.1) is 5.92 Å². The zero-order valence-corrected chi connectivity index (χ0v) is 19.5. The van der Waals surface area contributed by atoms with Crippen LogP contribution in [0.15, 0.2) is 47.1 Å². The number of hydrogen-bond acceptors (Lipinski definition) is 4. The molecule has 1 atom stereocenters. The van der Waals surface area contributed by atoms with Gasteiger partial charge in [-0.15, -0.1) is 0 Å². The summed E-state index contributed by atoms with van der Waals surface area (Å²) in [5.41, 5.74) is 1.58. The number of nitrogens with one attached hydrogen (secondary N) is 1. The van der Waals surface area contributed by atoms with Gasteiger partial charge in [0.05, 0.1) is 24.9 Å². The third-order valence-corrected chi connectivity index (χ3v) is 7.15. The minimum Gasteiger partial charge on any atom is -0.494 e. The molecule has 33 heavy (non-hydrogen) atoms. The molecular formula is C26H31N3O4. The Balaban J connectivity index is 1.53. The number of nitrogens with zero attached hydrogens (tertiary/aromatic N) is 2. The van der Waals surface area contributed by atoms with Crippen LogP contribution in [0.2, 0.25) is 0 Å². The maximum absolute atomic E-state index is 13.8. The molecule has 1 saturated carbocycles. The summed E-state index contributed by atoms with van der Waals surface area (Å²) in [5, 5.41) is 3.27. The van der Waals surface area contributed by atoms with Gasteiger partial charge in [0.1, 0.15) is 17.0 Å². The van der Waals surface area contributed by atoms with Crippen molar-refractivity contribution in [2.45, 2.75) is 64.6 Å². The maximum Gasteiger partial charge on any atom is 0.276 e. The Labute approximate surface area is 193 Å². The molecule has 0 spiro atoms. The number of ether oxygens (including phenoxy) is 1. The first-order valence-electron chi connectivity index (χ1n) is 11.9. The molecule has 2 aliphatic rings. The Hall–Kier alpha value is -3.22. The summed E-state index contributed by atoms with van der Waals surface area (Å²) in [7, 11) is 0. The predicted molar refractivity (Wildman–Crippen MR) is 127 cm³/mol. The van der Waals surface area contributed by atoms with Gasteiger partial charge in [-0.2, -0.15) is 0 Å². The second kappa shape index (κ2) is 8.28. The predicted octanol–water partition coefficient (Wildman–Crippen LogP) is 4.75. The van der Waals surface area contributed by atoms with Crippen LogP contribution in [0.1, 0.15) is 56.9 Å². The zero-order chi connectivity index (χ0) is 23.2. The zero-order valence-electron chi connectivity index (χ0n) is 19.5. The van der Waals surface area contributed by atoms with E-state index in [-0.39, 0.29) is 17.9 Å². The fourth-order valence-electron chi connectivity index (χ4n) is 5.22. The summed E-state index contributed by atoms with van der Waals surface area (Å²) in [6.07, 6.45) is 5.78. The van der Waals surface area contributed by atoms with E-state index >= 15 is 0 Å². The average Bonchev–Trinajstić information content (AvgIpc) is 3.39. The lowest BCUT2D eigenvalue weighted by atomic mass is 9.86. The summed E-state index contributed by atoms with van der Waals surface area (Å²) in [6.45, 7) is 6.96. The normalized spacial score (nSPS) is 25.2. The highest BCUT2D eigenvalue weighted by Gasteiger charge is 2.49. The highest BCUT2D eigenvalue weighted by molar-refractivity contribution is 6.13. The van der Waals surface area contributed by atoms with Crippen molar-refractivity contribution >= 4 is 28.6 Å². The van der Waals surface area contributed by atoms with Crippen LogP contribution in [-0.2, 0) is 11.3 Å². The van der Waals surface area contributed by atoms with Crippen LogP contribution in [0.5, 0.6) is 5.75 Å². The molecular weight excluding hydrogens is 418 g/mol. The maximum atomic E-state index is 13.8. The second-order valence-electron chi connectivity index (χ2n) is 9.56. The number of aromatic nitrogens is 1. The van der Waals surface area contributed by atoms with Gasteiger partial charge < -0.3 is 19.0 Å². The quantitative estimate of drug-likeness (QED) is 0.610.